The van der Waals surface area contributed by atoms with Gasteiger partial charge in [0.25, 0.3) is 0 Å². The predicted octanol–water partition coefficient (Wildman–Crippen LogP) is 4.53. The molecule has 0 aliphatic carbocycles. The van der Waals surface area contributed by atoms with Gasteiger partial charge in [0.15, 0.2) is 0 Å². The minimum atomic E-state index is -3.38. The molecular weight excluding hydrogens is 438 g/mol. The standard InChI is InChI=1S/C24H25N5O3S/c1-16(2)29-23-14-20(32-17(3)27-13-5-12-25)10-11-21(23)22(15-26)24(29)18-6-8-19(9-7-18)28-33(4,30)31/h5-14,16,28H,3,25H2,1-2,4H3/b12-5-,27-13-. The first-order valence-electron chi connectivity index (χ1n) is 10.1. The highest BCUT2D eigenvalue weighted by Crippen LogP contribution is 2.38. The highest BCUT2D eigenvalue weighted by Gasteiger charge is 2.21. The molecule has 0 atom stereocenters. The summed E-state index contributed by atoms with van der Waals surface area (Å²) in [5.74, 6) is 0.731. The molecule has 0 radical (unpaired) electrons. The van der Waals surface area contributed by atoms with Crippen LogP contribution in [0.3, 0.4) is 0 Å². The predicted molar refractivity (Wildman–Crippen MR) is 133 cm³/mol. The monoisotopic (exact) mass is 463 g/mol. The maximum atomic E-state index is 11.5. The molecule has 0 aliphatic heterocycles. The lowest BCUT2D eigenvalue weighted by molar-refractivity contribution is 0.424. The minimum absolute atomic E-state index is 0.0320. The SMILES string of the molecule is C=C(/N=C\C=C/N)Oc1ccc2c(C#N)c(-c3ccc(NS(C)(=O)=O)cc3)n(C(C)C)c2c1. The number of hydrogen-bond donors (Lipinski definition) is 2. The zero-order valence-corrected chi connectivity index (χ0v) is 19.4. The van der Waals surface area contributed by atoms with Crippen molar-refractivity contribution < 1.29 is 13.2 Å². The molecule has 0 bridgehead atoms. The fourth-order valence-corrected chi connectivity index (χ4v) is 4.10. The van der Waals surface area contributed by atoms with E-state index in [2.05, 4.69) is 26.9 Å². The number of fused-ring (bicyclic) bond motifs is 1. The largest absolute Gasteiger partial charge is 0.440 e. The Morgan fingerprint density at radius 3 is 2.55 bits per heavy atom. The van der Waals surface area contributed by atoms with Crippen molar-refractivity contribution in [2.45, 2.75) is 19.9 Å². The molecule has 0 aliphatic rings. The molecular formula is C24H25N5O3S. The lowest BCUT2D eigenvalue weighted by Gasteiger charge is -2.16. The molecule has 170 valence electrons. The number of allylic oxidation sites excluding steroid dienone is 1. The maximum Gasteiger partial charge on any atom is 0.229 e. The van der Waals surface area contributed by atoms with Crippen molar-refractivity contribution >= 4 is 32.8 Å². The molecule has 1 heterocycles. The summed E-state index contributed by atoms with van der Waals surface area (Å²) in [6.45, 7) is 7.83. The number of ether oxygens (including phenoxy) is 1. The number of hydrogen-bond acceptors (Lipinski definition) is 6. The van der Waals surface area contributed by atoms with Crippen LogP contribution in [-0.2, 0) is 10.0 Å². The fourth-order valence-electron chi connectivity index (χ4n) is 3.54. The molecule has 3 N–H and O–H groups in total. The van der Waals surface area contributed by atoms with E-state index in [-0.39, 0.29) is 11.9 Å². The first-order chi connectivity index (χ1) is 15.6. The molecule has 0 fully saturated rings. The number of sulfonamides is 1. The Kier molecular flexibility index (Phi) is 6.89. The van der Waals surface area contributed by atoms with Crippen molar-refractivity contribution in [2.24, 2.45) is 10.7 Å². The van der Waals surface area contributed by atoms with Crippen molar-refractivity contribution in [1.82, 2.24) is 4.57 Å². The molecule has 0 spiro atoms. The zero-order chi connectivity index (χ0) is 24.2. The quantitative estimate of drug-likeness (QED) is 0.375. The topological polar surface area (TPSA) is 122 Å². The van der Waals surface area contributed by atoms with E-state index >= 15 is 0 Å². The van der Waals surface area contributed by atoms with E-state index in [1.165, 1.54) is 12.4 Å². The molecule has 3 rings (SSSR count). The Balaban J connectivity index is 2.11. The van der Waals surface area contributed by atoms with Gasteiger partial charge in [-0.2, -0.15) is 5.26 Å². The third-order valence-electron chi connectivity index (χ3n) is 4.72. The average Bonchev–Trinajstić information content (AvgIpc) is 3.07. The van der Waals surface area contributed by atoms with E-state index in [4.69, 9.17) is 10.5 Å². The lowest BCUT2D eigenvalue weighted by Crippen LogP contribution is -2.09. The van der Waals surface area contributed by atoms with E-state index in [1.807, 2.05) is 26.0 Å². The van der Waals surface area contributed by atoms with Crippen LogP contribution in [0.25, 0.3) is 22.2 Å². The molecule has 0 saturated carbocycles. The first-order valence-corrected chi connectivity index (χ1v) is 12.0. The van der Waals surface area contributed by atoms with Gasteiger partial charge in [-0.3, -0.25) is 4.72 Å². The average molecular weight is 464 g/mol. The molecule has 0 unspecified atom stereocenters. The summed E-state index contributed by atoms with van der Waals surface area (Å²) in [6.07, 6.45) is 5.49. The molecule has 3 aromatic rings. The highest BCUT2D eigenvalue weighted by atomic mass is 32.2. The lowest BCUT2D eigenvalue weighted by atomic mass is 10.1. The summed E-state index contributed by atoms with van der Waals surface area (Å²) in [7, 11) is -3.38. The van der Waals surface area contributed by atoms with E-state index in [9.17, 15) is 13.7 Å². The number of aliphatic imine (C=N–C) groups is 1. The third kappa shape index (κ3) is 5.42. The van der Waals surface area contributed by atoms with Crippen LogP contribution in [-0.4, -0.2) is 25.5 Å². The van der Waals surface area contributed by atoms with Crippen molar-refractivity contribution in [1.29, 1.82) is 5.26 Å². The van der Waals surface area contributed by atoms with Crippen LogP contribution in [0.1, 0.15) is 25.5 Å². The second kappa shape index (κ2) is 9.63. The van der Waals surface area contributed by atoms with Gasteiger partial charge in [-0.05, 0) is 62.5 Å². The summed E-state index contributed by atoms with van der Waals surface area (Å²) in [5.41, 5.74) is 8.63. The molecule has 0 saturated heterocycles. The Labute approximate surface area is 193 Å². The van der Waals surface area contributed by atoms with E-state index in [0.29, 0.717) is 17.0 Å². The number of nitrogens with two attached hydrogens (primary N) is 1. The van der Waals surface area contributed by atoms with E-state index in [0.717, 1.165) is 28.4 Å². The van der Waals surface area contributed by atoms with Crippen molar-refractivity contribution in [3.63, 3.8) is 0 Å². The molecule has 8 nitrogen and oxygen atoms in total. The summed E-state index contributed by atoms with van der Waals surface area (Å²) >= 11 is 0. The number of rotatable bonds is 8. The second-order valence-electron chi connectivity index (χ2n) is 7.59. The smallest absolute Gasteiger partial charge is 0.229 e. The molecule has 33 heavy (non-hydrogen) atoms. The summed E-state index contributed by atoms with van der Waals surface area (Å²) in [6, 6.07) is 14.7. The number of nitriles is 1. The zero-order valence-electron chi connectivity index (χ0n) is 18.6. The first kappa shape index (κ1) is 23.6. The summed E-state index contributed by atoms with van der Waals surface area (Å²) in [5, 5.41) is 10.8. The van der Waals surface area contributed by atoms with E-state index in [1.54, 1.807) is 36.4 Å². The van der Waals surface area contributed by atoms with Crippen LogP contribution in [0, 0.1) is 11.3 Å². The van der Waals surface area contributed by atoms with Gasteiger partial charge in [0, 0.05) is 29.4 Å². The van der Waals surface area contributed by atoms with Gasteiger partial charge < -0.3 is 15.0 Å². The van der Waals surface area contributed by atoms with Gasteiger partial charge in [-0.25, -0.2) is 13.4 Å². The fraction of sp³-hybridized carbons (Fsp3) is 0.167. The third-order valence-corrected chi connectivity index (χ3v) is 5.32. The van der Waals surface area contributed by atoms with Gasteiger partial charge in [-0.15, -0.1) is 0 Å². The Morgan fingerprint density at radius 2 is 1.97 bits per heavy atom. The Hall–Kier alpha value is -4.03. The summed E-state index contributed by atoms with van der Waals surface area (Å²) < 4.78 is 33.2. The maximum absolute atomic E-state index is 11.5. The van der Waals surface area contributed by atoms with Crippen LogP contribution >= 0.6 is 0 Å². The number of nitrogens with one attached hydrogen (secondary N) is 1. The van der Waals surface area contributed by atoms with Crippen LogP contribution in [0.15, 0.2) is 72.2 Å². The van der Waals surface area contributed by atoms with Gasteiger partial charge in [-0.1, -0.05) is 12.1 Å². The Bertz CT molecular complexity index is 1390. The minimum Gasteiger partial charge on any atom is -0.440 e. The van der Waals surface area contributed by atoms with Gasteiger partial charge in [0.05, 0.1) is 23.0 Å². The van der Waals surface area contributed by atoms with Crippen LogP contribution in [0.2, 0.25) is 0 Å². The van der Waals surface area contributed by atoms with Crippen LogP contribution in [0.4, 0.5) is 5.69 Å². The van der Waals surface area contributed by atoms with Crippen molar-refractivity contribution in [2.75, 3.05) is 11.0 Å². The van der Waals surface area contributed by atoms with Crippen LogP contribution < -0.4 is 15.2 Å². The highest BCUT2D eigenvalue weighted by molar-refractivity contribution is 7.92. The number of aromatic nitrogens is 1. The normalized spacial score (nSPS) is 12.0. The van der Waals surface area contributed by atoms with Crippen LogP contribution in [0.5, 0.6) is 5.75 Å². The number of anilines is 1. The molecule has 1 aromatic heterocycles. The van der Waals surface area contributed by atoms with E-state index < -0.39 is 10.0 Å². The van der Waals surface area contributed by atoms with Crippen molar-refractivity contribution in [3.8, 4) is 23.1 Å². The van der Waals surface area contributed by atoms with Crippen molar-refractivity contribution in [3.05, 3.63) is 72.8 Å². The second-order valence-corrected chi connectivity index (χ2v) is 9.34. The molecule has 0 amide bonds. The number of benzene rings is 2. The van der Waals surface area contributed by atoms with Gasteiger partial charge >= 0.3 is 0 Å². The molecule has 9 heteroatoms. The molecule has 2 aromatic carbocycles. The number of nitrogens with zero attached hydrogens (tertiary/aromatic N) is 3. The van der Waals surface area contributed by atoms with Gasteiger partial charge in [0.1, 0.15) is 11.8 Å². The van der Waals surface area contributed by atoms with Gasteiger partial charge in [0.2, 0.25) is 15.9 Å². The summed E-state index contributed by atoms with van der Waals surface area (Å²) in [4.78, 5) is 4.05. The Morgan fingerprint density at radius 1 is 1.27 bits per heavy atom.